The second-order valence-corrected chi connectivity index (χ2v) is 8.69. The number of rotatable bonds is 11. The molecule has 0 spiro atoms. The largest absolute Gasteiger partial charge is 0.494 e. The molecule has 3 rings (SSSR count). The molecule has 2 aromatic carbocycles. The highest BCUT2D eigenvalue weighted by molar-refractivity contribution is 7.11. The Labute approximate surface area is 194 Å². The van der Waals surface area contributed by atoms with Crippen molar-refractivity contribution in [3.05, 3.63) is 69.5 Å². The molecule has 1 aromatic heterocycles. The predicted molar refractivity (Wildman–Crippen MR) is 131 cm³/mol. The van der Waals surface area contributed by atoms with Crippen LogP contribution in [0.4, 0.5) is 0 Å². The van der Waals surface area contributed by atoms with E-state index in [4.69, 9.17) is 16.3 Å². The van der Waals surface area contributed by atoms with Crippen molar-refractivity contribution in [3.8, 4) is 23.1 Å². The van der Waals surface area contributed by atoms with Gasteiger partial charge in [-0.3, -0.25) is 0 Å². The van der Waals surface area contributed by atoms with Crippen molar-refractivity contribution in [1.29, 1.82) is 5.26 Å². The zero-order valence-electron chi connectivity index (χ0n) is 17.8. The molecule has 160 valence electrons. The van der Waals surface area contributed by atoms with E-state index in [2.05, 4.69) is 18.0 Å². The lowest BCUT2D eigenvalue weighted by Gasteiger charge is -2.06. The molecule has 0 aliphatic heterocycles. The number of nitrogens with zero attached hydrogens (tertiary/aromatic N) is 2. The van der Waals surface area contributed by atoms with Crippen molar-refractivity contribution in [1.82, 2.24) is 4.98 Å². The molecule has 1 heterocycles. The van der Waals surface area contributed by atoms with Crippen LogP contribution in [0, 0.1) is 11.3 Å². The number of thiazole rings is 1. The molecule has 3 aromatic rings. The monoisotopic (exact) mass is 450 g/mol. The highest BCUT2D eigenvalue weighted by atomic mass is 35.5. The first-order valence-corrected chi connectivity index (χ1v) is 12.0. The summed E-state index contributed by atoms with van der Waals surface area (Å²) in [5.74, 6) is 0.864. The fourth-order valence-electron chi connectivity index (χ4n) is 3.19. The molecule has 3 nitrogen and oxygen atoms in total. The van der Waals surface area contributed by atoms with Crippen LogP contribution in [0.25, 0.3) is 22.9 Å². The molecular weight excluding hydrogens is 424 g/mol. The standard InChI is InChI=1S/C26H27ClN2OS/c1-2-3-4-5-6-7-16-30-24-14-8-20(9-15-24)17-22(18-28)26-29-25(19-31-26)21-10-12-23(27)13-11-21/h8-15,17,19H,2-7,16H2,1H3/b22-17+. The van der Waals surface area contributed by atoms with Crippen LogP contribution < -0.4 is 4.74 Å². The molecule has 0 aliphatic rings. The summed E-state index contributed by atoms with van der Waals surface area (Å²) in [6.45, 7) is 2.98. The Bertz CT molecular complexity index is 1020. The summed E-state index contributed by atoms with van der Waals surface area (Å²) < 4.78 is 5.84. The SMILES string of the molecule is CCCCCCCCOc1ccc(/C=C(\C#N)c2nc(-c3ccc(Cl)cc3)cs2)cc1. The maximum atomic E-state index is 9.64. The maximum Gasteiger partial charge on any atom is 0.134 e. The van der Waals surface area contributed by atoms with Gasteiger partial charge < -0.3 is 4.74 Å². The molecule has 0 unspecified atom stereocenters. The van der Waals surface area contributed by atoms with Gasteiger partial charge in [-0.05, 0) is 42.3 Å². The molecular formula is C26H27ClN2OS. The van der Waals surface area contributed by atoms with Gasteiger partial charge in [0.1, 0.15) is 16.8 Å². The minimum atomic E-state index is 0.547. The third kappa shape index (κ3) is 7.24. The Morgan fingerprint density at radius 2 is 1.74 bits per heavy atom. The van der Waals surface area contributed by atoms with E-state index in [0.29, 0.717) is 15.6 Å². The van der Waals surface area contributed by atoms with Crippen LogP contribution in [-0.4, -0.2) is 11.6 Å². The van der Waals surface area contributed by atoms with Gasteiger partial charge in [0, 0.05) is 16.0 Å². The number of nitriles is 1. The number of hydrogen-bond acceptors (Lipinski definition) is 4. The van der Waals surface area contributed by atoms with Gasteiger partial charge in [0.2, 0.25) is 0 Å². The quantitative estimate of drug-likeness (QED) is 0.218. The highest BCUT2D eigenvalue weighted by Gasteiger charge is 2.09. The van der Waals surface area contributed by atoms with E-state index in [-0.39, 0.29) is 0 Å². The number of hydrogen-bond donors (Lipinski definition) is 0. The lowest BCUT2D eigenvalue weighted by molar-refractivity contribution is 0.304. The zero-order chi connectivity index (χ0) is 21.9. The van der Waals surface area contributed by atoms with Gasteiger partial charge >= 0.3 is 0 Å². The van der Waals surface area contributed by atoms with Gasteiger partial charge in [0.05, 0.1) is 17.9 Å². The zero-order valence-corrected chi connectivity index (χ0v) is 19.4. The molecule has 0 fully saturated rings. The lowest BCUT2D eigenvalue weighted by Crippen LogP contribution is -1.97. The first kappa shape index (κ1) is 23.1. The van der Waals surface area contributed by atoms with Crippen LogP contribution >= 0.6 is 22.9 Å². The van der Waals surface area contributed by atoms with Gasteiger partial charge in [-0.15, -0.1) is 11.3 Å². The number of halogens is 1. The number of benzene rings is 2. The predicted octanol–water partition coefficient (Wildman–Crippen LogP) is 8.27. The van der Waals surface area contributed by atoms with E-state index < -0.39 is 0 Å². The van der Waals surface area contributed by atoms with Crippen LogP contribution in [0.1, 0.15) is 56.0 Å². The summed E-state index contributed by atoms with van der Waals surface area (Å²) in [4.78, 5) is 4.63. The number of ether oxygens (including phenoxy) is 1. The molecule has 0 N–H and O–H groups in total. The Balaban J connectivity index is 1.57. The first-order chi connectivity index (χ1) is 15.2. The Morgan fingerprint density at radius 3 is 2.45 bits per heavy atom. The average Bonchev–Trinajstić information content (AvgIpc) is 3.28. The summed E-state index contributed by atoms with van der Waals surface area (Å²) in [6, 6.07) is 17.7. The van der Waals surface area contributed by atoms with Crippen molar-refractivity contribution in [2.24, 2.45) is 0 Å². The fourth-order valence-corrected chi connectivity index (χ4v) is 4.11. The van der Waals surface area contributed by atoms with E-state index in [9.17, 15) is 5.26 Å². The van der Waals surface area contributed by atoms with Crippen molar-refractivity contribution in [3.63, 3.8) is 0 Å². The molecule has 0 saturated carbocycles. The summed E-state index contributed by atoms with van der Waals surface area (Å²) in [5.41, 5.74) is 3.32. The Morgan fingerprint density at radius 1 is 1.03 bits per heavy atom. The van der Waals surface area contributed by atoms with Crippen LogP contribution in [0.3, 0.4) is 0 Å². The van der Waals surface area contributed by atoms with Gasteiger partial charge in [-0.25, -0.2) is 4.98 Å². The molecule has 31 heavy (non-hydrogen) atoms. The smallest absolute Gasteiger partial charge is 0.134 e. The first-order valence-electron chi connectivity index (χ1n) is 10.8. The molecule has 0 saturated heterocycles. The Kier molecular flexibility index (Phi) is 9.15. The van der Waals surface area contributed by atoms with Crippen LogP contribution in [0.5, 0.6) is 5.75 Å². The van der Waals surface area contributed by atoms with E-state index >= 15 is 0 Å². The minimum absolute atomic E-state index is 0.547. The third-order valence-corrected chi connectivity index (χ3v) is 6.08. The Hall–Kier alpha value is -2.61. The summed E-state index contributed by atoms with van der Waals surface area (Å²) in [7, 11) is 0. The topological polar surface area (TPSA) is 45.9 Å². The van der Waals surface area contributed by atoms with Gasteiger partial charge in [0.25, 0.3) is 0 Å². The molecule has 0 radical (unpaired) electrons. The lowest BCUT2D eigenvalue weighted by atomic mass is 10.1. The molecule has 0 amide bonds. The number of unbranched alkanes of at least 4 members (excludes halogenated alkanes) is 5. The highest BCUT2D eigenvalue weighted by Crippen LogP contribution is 2.28. The van der Waals surface area contributed by atoms with Crippen molar-refractivity contribution in [2.75, 3.05) is 6.61 Å². The van der Waals surface area contributed by atoms with Gasteiger partial charge in [0.15, 0.2) is 0 Å². The summed E-state index contributed by atoms with van der Waals surface area (Å²) in [5, 5.41) is 13.0. The maximum absolute atomic E-state index is 9.64. The fraction of sp³-hybridized carbons (Fsp3) is 0.308. The van der Waals surface area contributed by atoms with E-state index in [1.165, 1.54) is 43.4 Å². The second kappa shape index (κ2) is 12.3. The molecule has 0 aliphatic carbocycles. The van der Waals surface area contributed by atoms with Gasteiger partial charge in [-0.1, -0.05) is 74.9 Å². The third-order valence-electron chi connectivity index (χ3n) is 4.95. The van der Waals surface area contributed by atoms with E-state index in [0.717, 1.165) is 35.6 Å². The van der Waals surface area contributed by atoms with E-state index in [1.807, 2.05) is 60.0 Å². The van der Waals surface area contributed by atoms with Gasteiger partial charge in [-0.2, -0.15) is 5.26 Å². The molecule has 0 atom stereocenters. The summed E-state index contributed by atoms with van der Waals surface area (Å²) in [6.07, 6.45) is 9.37. The molecule has 0 bridgehead atoms. The number of aromatic nitrogens is 1. The van der Waals surface area contributed by atoms with Crippen molar-refractivity contribution >= 4 is 34.6 Å². The minimum Gasteiger partial charge on any atom is -0.494 e. The van der Waals surface area contributed by atoms with Crippen molar-refractivity contribution < 1.29 is 4.74 Å². The number of allylic oxidation sites excluding steroid dienone is 1. The van der Waals surface area contributed by atoms with Crippen LogP contribution in [-0.2, 0) is 0 Å². The van der Waals surface area contributed by atoms with E-state index in [1.54, 1.807) is 0 Å². The van der Waals surface area contributed by atoms with Crippen LogP contribution in [0.15, 0.2) is 53.9 Å². The average molecular weight is 451 g/mol. The van der Waals surface area contributed by atoms with Crippen LogP contribution in [0.2, 0.25) is 5.02 Å². The second-order valence-electron chi connectivity index (χ2n) is 7.40. The molecule has 5 heteroatoms. The van der Waals surface area contributed by atoms with Crippen molar-refractivity contribution in [2.45, 2.75) is 45.4 Å². The summed E-state index contributed by atoms with van der Waals surface area (Å²) >= 11 is 7.42. The normalized spacial score (nSPS) is 11.3.